The maximum atomic E-state index is 9.13. The van der Waals surface area contributed by atoms with Crippen molar-refractivity contribution in [2.45, 2.75) is 39.2 Å². The molecule has 0 aromatic heterocycles. The Labute approximate surface area is 115 Å². The molecule has 1 atom stereocenters. The number of rotatable bonds is 3. The summed E-state index contributed by atoms with van der Waals surface area (Å²) < 4.78 is 0. The van der Waals surface area contributed by atoms with Gasteiger partial charge in [0.15, 0.2) is 0 Å². The van der Waals surface area contributed by atoms with E-state index in [9.17, 15) is 0 Å². The zero-order valence-electron chi connectivity index (χ0n) is 11.0. The van der Waals surface area contributed by atoms with Crippen molar-refractivity contribution in [2.24, 2.45) is 5.92 Å². The summed E-state index contributed by atoms with van der Waals surface area (Å²) in [5.41, 5.74) is 2.00. The summed E-state index contributed by atoms with van der Waals surface area (Å²) >= 11 is 6.16. The third-order valence-corrected chi connectivity index (χ3v) is 4.35. The predicted octanol–water partition coefficient (Wildman–Crippen LogP) is 3.85. The molecular formula is C15H22ClNO. The van der Waals surface area contributed by atoms with Gasteiger partial charge in [-0.2, -0.15) is 0 Å². The van der Waals surface area contributed by atoms with Gasteiger partial charge in [0.1, 0.15) is 0 Å². The largest absolute Gasteiger partial charge is 0.392 e. The van der Waals surface area contributed by atoms with E-state index >= 15 is 0 Å². The molecule has 1 aromatic carbocycles. The molecule has 0 amide bonds. The second-order valence-electron chi connectivity index (χ2n) is 5.13. The Morgan fingerprint density at radius 2 is 2.17 bits per heavy atom. The van der Waals surface area contributed by atoms with E-state index in [0.29, 0.717) is 5.02 Å². The van der Waals surface area contributed by atoms with Gasteiger partial charge in [-0.3, -0.25) is 0 Å². The third-order valence-electron chi connectivity index (χ3n) is 4.00. The minimum absolute atomic E-state index is 0.0109. The minimum atomic E-state index is 0.0109. The molecule has 2 rings (SSSR count). The highest BCUT2D eigenvalue weighted by atomic mass is 35.5. The van der Waals surface area contributed by atoms with Gasteiger partial charge < -0.3 is 10.0 Å². The van der Waals surface area contributed by atoms with Crippen molar-refractivity contribution in [3.05, 3.63) is 28.8 Å². The van der Waals surface area contributed by atoms with Crippen LogP contribution in [0.2, 0.25) is 5.02 Å². The molecule has 0 radical (unpaired) electrons. The molecule has 18 heavy (non-hydrogen) atoms. The van der Waals surface area contributed by atoms with Crippen molar-refractivity contribution < 1.29 is 5.11 Å². The van der Waals surface area contributed by atoms with Gasteiger partial charge in [0.25, 0.3) is 0 Å². The Hall–Kier alpha value is -0.730. The Morgan fingerprint density at radius 3 is 2.83 bits per heavy atom. The van der Waals surface area contributed by atoms with Gasteiger partial charge in [0, 0.05) is 23.8 Å². The number of nitrogens with zero attached hydrogens (tertiary/aromatic N) is 1. The fourth-order valence-corrected chi connectivity index (χ4v) is 2.93. The first kappa shape index (κ1) is 13.7. The van der Waals surface area contributed by atoms with Crippen LogP contribution in [0, 0.1) is 5.92 Å². The molecular weight excluding hydrogens is 246 g/mol. The minimum Gasteiger partial charge on any atom is -0.392 e. The number of hydrogen-bond donors (Lipinski definition) is 1. The van der Waals surface area contributed by atoms with E-state index in [-0.39, 0.29) is 6.61 Å². The highest BCUT2D eigenvalue weighted by molar-refractivity contribution is 6.31. The monoisotopic (exact) mass is 267 g/mol. The van der Waals surface area contributed by atoms with E-state index < -0.39 is 0 Å². The third kappa shape index (κ3) is 3.18. The summed E-state index contributed by atoms with van der Waals surface area (Å²) in [6.07, 6.45) is 5.17. The highest BCUT2D eigenvalue weighted by Crippen LogP contribution is 2.27. The van der Waals surface area contributed by atoms with Gasteiger partial charge in [-0.1, -0.05) is 31.0 Å². The van der Waals surface area contributed by atoms with Crippen LogP contribution in [-0.4, -0.2) is 18.2 Å². The normalized spacial score (nSPS) is 20.8. The maximum Gasteiger partial charge on any atom is 0.0696 e. The molecule has 1 N–H and O–H groups in total. The van der Waals surface area contributed by atoms with E-state index in [1.807, 2.05) is 12.1 Å². The van der Waals surface area contributed by atoms with Crippen molar-refractivity contribution in [3.8, 4) is 0 Å². The van der Waals surface area contributed by atoms with E-state index in [1.54, 1.807) is 0 Å². The van der Waals surface area contributed by atoms with Crippen LogP contribution in [0.5, 0.6) is 0 Å². The number of benzene rings is 1. The molecule has 1 unspecified atom stereocenters. The summed E-state index contributed by atoms with van der Waals surface area (Å²) in [5, 5.41) is 9.81. The first-order valence-electron chi connectivity index (χ1n) is 6.88. The maximum absolute atomic E-state index is 9.13. The van der Waals surface area contributed by atoms with Crippen molar-refractivity contribution in [2.75, 3.05) is 18.0 Å². The summed E-state index contributed by atoms with van der Waals surface area (Å²) in [5.74, 6) is 0.877. The lowest BCUT2D eigenvalue weighted by molar-refractivity contribution is 0.282. The molecule has 100 valence electrons. The van der Waals surface area contributed by atoms with E-state index in [2.05, 4.69) is 17.9 Å². The smallest absolute Gasteiger partial charge is 0.0696 e. The van der Waals surface area contributed by atoms with Crippen LogP contribution in [0.1, 0.15) is 38.2 Å². The lowest BCUT2D eigenvalue weighted by Crippen LogP contribution is -2.24. The lowest BCUT2D eigenvalue weighted by atomic mass is 9.98. The molecule has 3 heteroatoms. The Bertz CT molecular complexity index is 394. The van der Waals surface area contributed by atoms with Crippen molar-refractivity contribution in [3.63, 3.8) is 0 Å². The zero-order chi connectivity index (χ0) is 13.0. The summed E-state index contributed by atoms with van der Waals surface area (Å²) in [7, 11) is 0. The second kappa shape index (κ2) is 6.44. The number of aliphatic hydroxyl groups excluding tert-OH is 1. The second-order valence-corrected chi connectivity index (χ2v) is 5.53. The van der Waals surface area contributed by atoms with Crippen LogP contribution >= 0.6 is 11.6 Å². The molecule has 1 aliphatic heterocycles. The summed E-state index contributed by atoms with van der Waals surface area (Å²) in [6.45, 7) is 4.53. The first-order chi connectivity index (χ1) is 8.74. The lowest BCUT2D eigenvalue weighted by Gasteiger charge is -2.23. The number of anilines is 1. The van der Waals surface area contributed by atoms with Gasteiger partial charge in [-0.25, -0.2) is 0 Å². The Kier molecular flexibility index (Phi) is 4.90. The number of halogens is 1. The van der Waals surface area contributed by atoms with E-state index in [4.69, 9.17) is 16.7 Å². The molecule has 0 spiro atoms. The van der Waals surface area contributed by atoms with Gasteiger partial charge in [0.2, 0.25) is 0 Å². The van der Waals surface area contributed by atoms with E-state index in [0.717, 1.165) is 24.6 Å². The molecule has 2 nitrogen and oxygen atoms in total. The molecule has 0 saturated carbocycles. The average molecular weight is 268 g/mol. The average Bonchev–Trinajstić information content (AvgIpc) is 2.63. The summed E-state index contributed by atoms with van der Waals surface area (Å²) in [4.78, 5) is 2.42. The quantitative estimate of drug-likeness (QED) is 0.899. The summed E-state index contributed by atoms with van der Waals surface area (Å²) in [6, 6.07) is 5.99. The van der Waals surface area contributed by atoms with Crippen molar-refractivity contribution >= 4 is 17.3 Å². The van der Waals surface area contributed by atoms with Gasteiger partial charge in [-0.05, 0) is 42.9 Å². The molecule has 1 fully saturated rings. The number of hydrogen-bond acceptors (Lipinski definition) is 2. The van der Waals surface area contributed by atoms with Gasteiger partial charge in [-0.15, -0.1) is 0 Å². The fraction of sp³-hybridized carbons (Fsp3) is 0.600. The SMILES string of the molecule is CCC1CCCN(c2ccc(CO)c(Cl)c2)CC1. The van der Waals surface area contributed by atoms with Gasteiger partial charge in [0.05, 0.1) is 6.61 Å². The standard InChI is InChI=1S/C15H22ClNO/c1-2-12-4-3-8-17(9-7-12)14-6-5-13(11-18)15(16)10-14/h5-6,10,12,18H,2-4,7-9,11H2,1H3. The molecule has 1 saturated heterocycles. The van der Waals surface area contributed by atoms with Crippen LogP contribution < -0.4 is 4.90 Å². The Morgan fingerprint density at radius 1 is 1.33 bits per heavy atom. The molecule has 0 aliphatic carbocycles. The zero-order valence-corrected chi connectivity index (χ0v) is 11.8. The Balaban J connectivity index is 2.09. The molecule has 1 aliphatic rings. The van der Waals surface area contributed by atoms with Crippen LogP contribution in [0.4, 0.5) is 5.69 Å². The molecule has 0 bridgehead atoms. The van der Waals surface area contributed by atoms with Gasteiger partial charge >= 0.3 is 0 Å². The molecule has 1 heterocycles. The van der Waals surface area contributed by atoms with Crippen molar-refractivity contribution in [1.82, 2.24) is 0 Å². The van der Waals surface area contributed by atoms with Crippen LogP contribution in [-0.2, 0) is 6.61 Å². The highest BCUT2D eigenvalue weighted by Gasteiger charge is 2.16. The van der Waals surface area contributed by atoms with Crippen LogP contribution in [0.25, 0.3) is 0 Å². The number of aliphatic hydroxyl groups is 1. The van der Waals surface area contributed by atoms with Crippen LogP contribution in [0.15, 0.2) is 18.2 Å². The topological polar surface area (TPSA) is 23.5 Å². The van der Waals surface area contributed by atoms with E-state index in [1.165, 1.54) is 31.4 Å². The van der Waals surface area contributed by atoms with Crippen molar-refractivity contribution in [1.29, 1.82) is 0 Å². The first-order valence-corrected chi connectivity index (χ1v) is 7.26. The molecule has 1 aromatic rings. The fourth-order valence-electron chi connectivity index (χ4n) is 2.69. The van der Waals surface area contributed by atoms with Crippen LogP contribution in [0.3, 0.4) is 0 Å². The predicted molar refractivity (Wildman–Crippen MR) is 77.2 cm³/mol.